The molecule has 3 aromatic rings. The van der Waals surface area contributed by atoms with Crippen molar-refractivity contribution in [1.29, 1.82) is 0 Å². The van der Waals surface area contributed by atoms with Crippen LogP contribution < -0.4 is 4.72 Å². The molecule has 0 saturated carbocycles. The third kappa shape index (κ3) is 3.82. The first-order valence-electron chi connectivity index (χ1n) is 7.18. The second-order valence-electron chi connectivity index (χ2n) is 5.28. The summed E-state index contributed by atoms with van der Waals surface area (Å²) in [5.74, 6) is -6.77. The van der Waals surface area contributed by atoms with Gasteiger partial charge in [0.2, 0.25) is 0 Å². The molecule has 0 aliphatic rings. The highest BCUT2D eigenvalue weighted by molar-refractivity contribution is 7.90. The molecule has 3 rings (SSSR count). The number of hydrogen-bond donors (Lipinski definition) is 1. The van der Waals surface area contributed by atoms with E-state index in [0.29, 0.717) is 0 Å². The molecular weight excluding hydrogens is 428 g/mol. The first-order valence-corrected chi connectivity index (χ1v) is 9.04. The van der Waals surface area contributed by atoms with Crippen LogP contribution in [0.3, 0.4) is 0 Å². The standard InChI is InChI=1S/C15H7ClF4N4O3S/c16-9-3-7(17)1-2-13(9)24-6-12(21-23-24)15(25)22-28(26,27)14-10(19)4-8(18)5-11(14)20/h1-6H,(H,22,25). The average Bonchev–Trinajstić information content (AvgIpc) is 3.02. The van der Waals surface area contributed by atoms with Crippen molar-refractivity contribution in [3.05, 3.63) is 70.5 Å². The number of aromatic nitrogens is 3. The maximum absolute atomic E-state index is 13.7. The van der Waals surface area contributed by atoms with Crippen molar-refractivity contribution in [3.8, 4) is 5.69 Å². The largest absolute Gasteiger partial charge is 0.287 e. The fourth-order valence-electron chi connectivity index (χ4n) is 2.16. The summed E-state index contributed by atoms with van der Waals surface area (Å²) in [6, 6.07) is 3.56. The predicted octanol–water partition coefficient (Wildman–Crippen LogP) is 2.60. The van der Waals surface area contributed by atoms with E-state index in [1.165, 1.54) is 10.8 Å². The maximum Gasteiger partial charge on any atom is 0.287 e. The molecule has 1 amide bonds. The number of nitrogens with zero attached hydrogens (tertiary/aromatic N) is 3. The number of carbonyl (C=O) groups excluding carboxylic acids is 1. The molecule has 146 valence electrons. The molecule has 2 aromatic carbocycles. The normalized spacial score (nSPS) is 11.5. The molecule has 1 N–H and O–H groups in total. The third-order valence-electron chi connectivity index (χ3n) is 3.34. The van der Waals surface area contributed by atoms with Gasteiger partial charge >= 0.3 is 0 Å². The van der Waals surface area contributed by atoms with Crippen molar-refractivity contribution in [3.63, 3.8) is 0 Å². The highest BCUT2D eigenvalue weighted by Gasteiger charge is 2.28. The summed E-state index contributed by atoms with van der Waals surface area (Å²) in [6.45, 7) is 0. The number of hydrogen-bond acceptors (Lipinski definition) is 5. The molecule has 1 heterocycles. The Bertz CT molecular complexity index is 1180. The van der Waals surface area contributed by atoms with E-state index in [1.54, 1.807) is 0 Å². The molecule has 1 aromatic heterocycles. The number of sulfonamides is 1. The van der Waals surface area contributed by atoms with Gasteiger partial charge in [0.1, 0.15) is 23.3 Å². The first-order chi connectivity index (χ1) is 13.1. The van der Waals surface area contributed by atoms with Crippen LogP contribution in [-0.2, 0) is 10.0 Å². The molecule has 7 nitrogen and oxygen atoms in total. The smallest absolute Gasteiger partial charge is 0.266 e. The van der Waals surface area contributed by atoms with Crippen LogP contribution >= 0.6 is 11.6 Å². The van der Waals surface area contributed by atoms with Gasteiger partial charge in [-0.05, 0) is 18.2 Å². The third-order valence-corrected chi connectivity index (χ3v) is 5.03. The van der Waals surface area contributed by atoms with Crippen molar-refractivity contribution < 1.29 is 30.8 Å². The van der Waals surface area contributed by atoms with E-state index in [4.69, 9.17) is 11.6 Å². The SMILES string of the molecule is O=C(NS(=O)(=O)c1c(F)cc(F)cc1F)c1cn(-c2ccc(F)cc2Cl)nn1. The molecule has 0 fully saturated rings. The molecule has 0 radical (unpaired) electrons. The van der Waals surface area contributed by atoms with E-state index in [-0.39, 0.29) is 22.8 Å². The van der Waals surface area contributed by atoms with Crippen LogP contribution in [0.2, 0.25) is 5.02 Å². The molecular formula is C15H7ClF4N4O3S. The molecule has 0 unspecified atom stereocenters. The minimum atomic E-state index is -5.02. The summed E-state index contributed by atoms with van der Waals surface area (Å²) in [5, 5.41) is 6.91. The van der Waals surface area contributed by atoms with Crippen molar-refractivity contribution in [2.24, 2.45) is 0 Å². The number of carbonyl (C=O) groups is 1. The van der Waals surface area contributed by atoms with Gasteiger partial charge in [0.15, 0.2) is 10.6 Å². The topological polar surface area (TPSA) is 94.0 Å². The van der Waals surface area contributed by atoms with Crippen LogP contribution in [0.4, 0.5) is 17.6 Å². The molecule has 0 saturated heterocycles. The summed E-state index contributed by atoms with van der Waals surface area (Å²) in [5.41, 5.74) is -0.417. The average molecular weight is 435 g/mol. The quantitative estimate of drug-likeness (QED) is 0.637. The summed E-state index contributed by atoms with van der Waals surface area (Å²) in [4.78, 5) is 10.6. The fourth-order valence-corrected chi connectivity index (χ4v) is 3.50. The number of benzene rings is 2. The van der Waals surface area contributed by atoms with Gasteiger partial charge in [0.25, 0.3) is 15.9 Å². The monoisotopic (exact) mass is 434 g/mol. The van der Waals surface area contributed by atoms with Crippen molar-refractivity contribution >= 4 is 27.5 Å². The van der Waals surface area contributed by atoms with Crippen molar-refractivity contribution in [2.45, 2.75) is 4.90 Å². The number of amides is 1. The minimum Gasteiger partial charge on any atom is -0.266 e. The predicted molar refractivity (Wildman–Crippen MR) is 87.3 cm³/mol. The van der Waals surface area contributed by atoms with Crippen molar-refractivity contribution in [1.82, 2.24) is 19.7 Å². The highest BCUT2D eigenvalue weighted by atomic mass is 35.5. The Morgan fingerprint density at radius 3 is 2.29 bits per heavy atom. The molecule has 0 aliphatic heterocycles. The van der Waals surface area contributed by atoms with E-state index in [2.05, 4.69) is 10.3 Å². The van der Waals surface area contributed by atoms with Crippen LogP contribution in [0.15, 0.2) is 41.4 Å². The van der Waals surface area contributed by atoms with Crippen LogP contribution in [-0.4, -0.2) is 29.3 Å². The van der Waals surface area contributed by atoms with E-state index in [1.807, 2.05) is 0 Å². The van der Waals surface area contributed by atoms with Crippen molar-refractivity contribution in [2.75, 3.05) is 0 Å². The van der Waals surface area contributed by atoms with Crippen LogP contribution in [0.1, 0.15) is 10.5 Å². The van der Waals surface area contributed by atoms with Gasteiger partial charge in [0, 0.05) is 12.1 Å². The number of halogens is 5. The summed E-state index contributed by atoms with van der Waals surface area (Å²) < 4.78 is 79.9. The lowest BCUT2D eigenvalue weighted by molar-refractivity contribution is 0.0976. The lowest BCUT2D eigenvalue weighted by atomic mass is 10.3. The number of rotatable bonds is 4. The second kappa shape index (κ2) is 7.20. The first kappa shape index (κ1) is 19.8. The lowest BCUT2D eigenvalue weighted by Gasteiger charge is -2.07. The van der Waals surface area contributed by atoms with E-state index in [9.17, 15) is 30.8 Å². The summed E-state index contributed by atoms with van der Waals surface area (Å²) in [6.07, 6.45) is 0.960. The zero-order valence-electron chi connectivity index (χ0n) is 13.3. The Hall–Kier alpha value is -2.99. The zero-order chi connectivity index (χ0) is 20.6. The van der Waals surface area contributed by atoms with Gasteiger partial charge in [0.05, 0.1) is 16.9 Å². The molecule has 0 atom stereocenters. The summed E-state index contributed by atoms with van der Waals surface area (Å²) >= 11 is 5.85. The zero-order valence-corrected chi connectivity index (χ0v) is 14.9. The Kier molecular flexibility index (Phi) is 5.08. The van der Waals surface area contributed by atoms with Gasteiger partial charge in [-0.1, -0.05) is 16.8 Å². The molecule has 28 heavy (non-hydrogen) atoms. The minimum absolute atomic E-state index is 0.0695. The van der Waals surface area contributed by atoms with Crippen LogP contribution in [0, 0.1) is 23.3 Å². The fraction of sp³-hybridized carbons (Fsp3) is 0. The lowest BCUT2D eigenvalue weighted by Crippen LogP contribution is -2.32. The van der Waals surface area contributed by atoms with Gasteiger partial charge < -0.3 is 0 Å². The maximum atomic E-state index is 13.7. The molecule has 0 bridgehead atoms. The highest BCUT2D eigenvalue weighted by Crippen LogP contribution is 2.22. The van der Waals surface area contributed by atoms with Gasteiger partial charge in [-0.15, -0.1) is 5.10 Å². The van der Waals surface area contributed by atoms with Gasteiger partial charge in [-0.3, -0.25) is 4.79 Å². The van der Waals surface area contributed by atoms with Gasteiger partial charge in [-0.2, -0.15) is 0 Å². The van der Waals surface area contributed by atoms with E-state index in [0.717, 1.165) is 23.0 Å². The number of nitrogens with one attached hydrogen (secondary N) is 1. The second-order valence-corrected chi connectivity index (χ2v) is 7.30. The van der Waals surface area contributed by atoms with Gasteiger partial charge in [-0.25, -0.2) is 35.4 Å². The van der Waals surface area contributed by atoms with Crippen LogP contribution in [0.5, 0.6) is 0 Å². The van der Waals surface area contributed by atoms with E-state index < -0.39 is 49.8 Å². The Balaban J connectivity index is 1.89. The summed E-state index contributed by atoms with van der Waals surface area (Å²) in [7, 11) is -5.02. The molecule has 0 spiro atoms. The Morgan fingerprint density at radius 2 is 1.68 bits per heavy atom. The van der Waals surface area contributed by atoms with E-state index >= 15 is 0 Å². The Labute approximate surface area is 159 Å². The molecule has 13 heteroatoms. The Morgan fingerprint density at radius 1 is 1.04 bits per heavy atom. The van der Waals surface area contributed by atoms with Crippen LogP contribution in [0.25, 0.3) is 5.69 Å². The molecule has 0 aliphatic carbocycles.